The molecule has 31 heavy (non-hydrogen) atoms. The number of carbonyl (C=O) groups is 1. The van der Waals surface area contributed by atoms with Gasteiger partial charge in [0, 0.05) is 12.6 Å². The van der Waals surface area contributed by atoms with E-state index in [9.17, 15) is 9.18 Å². The summed E-state index contributed by atoms with van der Waals surface area (Å²) in [4.78, 5) is 12.9. The molecule has 6 heteroatoms. The lowest BCUT2D eigenvalue weighted by molar-refractivity contribution is -0.139. The zero-order valence-electron chi connectivity index (χ0n) is 18.3. The Balaban J connectivity index is 2.14. The summed E-state index contributed by atoms with van der Waals surface area (Å²) >= 11 is 0. The number of rotatable bonds is 7. The normalized spacial score (nSPS) is 10.6. The number of anilines is 2. The molecular formula is C25H26FNO4. The van der Waals surface area contributed by atoms with E-state index >= 15 is 0 Å². The lowest BCUT2D eigenvalue weighted by atomic mass is 10.00. The summed E-state index contributed by atoms with van der Waals surface area (Å²) < 4.78 is 25.0. The number of halogens is 1. The molecule has 0 heterocycles. The summed E-state index contributed by atoms with van der Waals surface area (Å²) in [6, 6.07) is 14.1. The molecule has 0 aromatic heterocycles. The van der Waals surface area contributed by atoms with Crippen molar-refractivity contribution in [3.63, 3.8) is 0 Å². The highest BCUT2D eigenvalue weighted by atomic mass is 19.1. The fourth-order valence-corrected chi connectivity index (χ4v) is 3.85. The van der Waals surface area contributed by atoms with E-state index in [0.29, 0.717) is 11.5 Å². The maximum Gasteiger partial charge on any atom is 0.341 e. The molecule has 3 aromatic carbocycles. The molecular weight excluding hydrogens is 397 g/mol. The Morgan fingerprint density at radius 1 is 1.03 bits per heavy atom. The van der Waals surface area contributed by atoms with E-state index in [1.165, 1.54) is 12.1 Å². The van der Waals surface area contributed by atoms with Crippen molar-refractivity contribution >= 4 is 17.3 Å². The van der Waals surface area contributed by atoms with Crippen molar-refractivity contribution in [3.8, 4) is 22.6 Å². The van der Waals surface area contributed by atoms with Gasteiger partial charge in [0.15, 0.2) is 6.61 Å². The van der Waals surface area contributed by atoms with Crippen LogP contribution in [-0.4, -0.2) is 31.8 Å². The Morgan fingerprint density at radius 3 is 2.42 bits per heavy atom. The first-order valence-corrected chi connectivity index (χ1v) is 9.86. The largest absolute Gasteiger partial charge is 0.494 e. The standard InChI is InChI=1S/C25H26FNO4/c1-15-9-10-22(31-14-23(28)29)17(3)24(15)27(4)21-13-19(11-16(2)25(21)30-5)18-7-6-8-20(26)12-18/h6-13H,14H2,1-5H3,(H,28,29). The number of hydrogen-bond acceptors (Lipinski definition) is 4. The first-order chi connectivity index (χ1) is 14.7. The smallest absolute Gasteiger partial charge is 0.341 e. The van der Waals surface area contributed by atoms with Gasteiger partial charge in [-0.3, -0.25) is 0 Å². The van der Waals surface area contributed by atoms with Crippen molar-refractivity contribution in [1.29, 1.82) is 0 Å². The molecule has 0 aliphatic rings. The van der Waals surface area contributed by atoms with Gasteiger partial charge in [0.05, 0.1) is 18.5 Å². The lowest BCUT2D eigenvalue weighted by Gasteiger charge is -2.28. The third kappa shape index (κ3) is 4.63. The third-order valence-electron chi connectivity index (χ3n) is 5.25. The SMILES string of the molecule is COc1c(C)cc(-c2cccc(F)c2)cc1N(C)c1c(C)ccc(OCC(=O)O)c1C. The number of nitrogens with zero attached hydrogens (tertiary/aromatic N) is 1. The van der Waals surface area contributed by atoms with Crippen LogP contribution in [0.4, 0.5) is 15.8 Å². The van der Waals surface area contributed by atoms with E-state index in [1.54, 1.807) is 19.2 Å². The number of ether oxygens (including phenoxy) is 2. The van der Waals surface area contributed by atoms with Crippen molar-refractivity contribution in [3.05, 3.63) is 71.0 Å². The lowest BCUT2D eigenvalue weighted by Crippen LogP contribution is -2.16. The van der Waals surface area contributed by atoms with Crippen LogP contribution in [0, 0.1) is 26.6 Å². The minimum atomic E-state index is -1.03. The predicted molar refractivity (Wildman–Crippen MR) is 120 cm³/mol. The van der Waals surface area contributed by atoms with Crippen LogP contribution in [0.3, 0.4) is 0 Å². The fourth-order valence-electron chi connectivity index (χ4n) is 3.85. The van der Waals surface area contributed by atoms with E-state index in [0.717, 1.165) is 39.2 Å². The molecule has 3 rings (SSSR count). The summed E-state index contributed by atoms with van der Waals surface area (Å²) in [5.41, 5.74) is 6.07. The minimum absolute atomic E-state index is 0.296. The van der Waals surface area contributed by atoms with Crippen LogP contribution in [0.5, 0.6) is 11.5 Å². The third-order valence-corrected chi connectivity index (χ3v) is 5.25. The van der Waals surface area contributed by atoms with Gasteiger partial charge in [-0.05, 0) is 73.4 Å². The van der Waals surface area contributed by atoms with Gasteiger partial charge in [-0.2, -0.15) is 0 Å². The van der Waals surface area contributed by atoms with Gasteiger partial charge in [-0.1, -0.05) is 18.2 Å². The number of aliphatic carboxylic acids is 1. The Hall–Kier alpha value is -3.54. The van der Waals surface area contributed by atoms with E-state index in [2.05, 4.69) is 0 Å². The molecule has 1 N–H and O–H groups in total. The molecule has 0 amide bonds. The molecule has 0 aliphatic heterocycles. The van der Waals surface area contributed by atoms with Crippen molar-refractivity contribution in [2.75, 3.05) is 25.7 Å². The number of hydrogen-bond donors (Lipinski definition) is 1. The summed E-state index contributed by atoms with van der Waals surface area (Å²) in [7, 11) is 3.54. The Labute approximate surface area is 181 Å². The van der Waals surface area contributed by atoms with Crippen LogP contribution >= 0.6 is 0 Å². The van der Waals surface area contributed by atoms with Gasteiger partial charge in [0.25, 0.3) is 0 Å². The number of benzene rings is 3. The maximum absolute atomic E-state index is 13.8. The van der Waals surface area contributed by atoms with Crippen LogP contribution < -0.4 is 14.4 Å². The molecule has 0 bridgehead atoms. The molecule has 0 atom stereocenters. The molecule has 0 unspecified atom stereocenters. The highest BCUT2D eigenvalue weighted by molar-refractivity contribution is 5.81. The van der Waals surface area contributed by atoms with E-state index in [-0.39, 0.29) is 5.82 Å². The monoisotopic (exact) mass is 423 g/mol. The molecule has 5 nitrogen and oxygen atoms in total. The van der Waals surface area contributed by atoms with Gasteiger partial charge in [-0.15, -0.1) is 0 Å². The maximum atomic E-state index is 13.8. The Kier molecular flexibility index (Phi) is 6.49. The molecule has 0 radical (unpaired) electrons. The van der Waals surface area contributed by atoms with E-state index < -0.39 is 12.6 Å². The molecule has 0 spiro atoms. The van der Waals surface area contributed by atoms with Crippen molar-refractivity contribution < 1.29 is 23.8 Å². The van der Waals surface area contributed by atoms with Crippen molar-refractivity contribution in [2.24, 2.45) is 0 Å². The quantitative estimate of drug-likeness (QED) is 0.532. The van der Waals surface area contributed by atoms with Crippen LogP contribution in [0.1, 0.15) is 16.7 Å². The second-order valence-electron chi connectivity index (χ2n) is 7.45. The van der Waals surface area contributed by atoms with Crippen LogP contribution in [-0.2, 0) is 4.79 Å². The summed E-state index contributed by atoms with van der Waals surface area (Å²) in [6.45, 7) is 5.41. The Morgan fingerprint density at radius 2 is 1.77 bits per heavy atom. The molecule has 0 saturated carbocycles. The first kappa shape index (κ1) is 22.2. The number of carboxylic acid groups (broad SMARTS) is 1. The van der Waals surface area contributed by atoms with E-state index in [1.807, 2.05) is 57.0 Å². The van der Waals surface area contributed by atoms with Crippen LogP contribution in [0.15, 0.2) is 48.5 Å². The molecule has 162 valence electrons. The number of aryl methyl sites for hydroxylation is 2. The van der Waals surface area contributed by atoms with Gasteiger partial charge in [0.1, 0.15) is 17.3 Å². The van der Waals surface area contributed by atoms with Gasteiger partial charge in [0.2, 0.25) is 0 Å². The van der Waals surface area contributed by atoms with Crippen LogP contribution in [0.25, 0.3) is 11.1 Å². The average molecular weight is 423 g/mol. The molecule has 0 saturated heterocycles. The second kappa shape index (κ2) is 9.08. The number of methoxy groups -OCH3 is 1. The highest BCUT2D eigenvalue weighted by Crippen LogP contribution is 2.42. The van der Waals surface area contributed by atoms with E-state index in [4.69, 9.17) is 14.6 Å². The second-order valence-corrected chi connectivity index (χ2v) is 7.45. The van der Waals surface area contributed by atoms with Gasteiger partial charge >= 0.3 is 5.97 Å². The fraction of sp³-hybridized carbons (Fsp3) is 0.240. The zero-order valence-corrected chi connectivity index (χ0v) is 18.3. The van der Waals surface area contributed by atoms with Crippen LogP contribution in [0.2, 0.25) is 0 Å². The average Bonchev–Trinajstić information content (AvgIpc) is 2.72. The van der Waals surface area contributed by atoms with Crippen molar-refractivity contribution in [1.82, 2.24) is 0 Å². The number of carboxylic acids is 1. The predicted octanol–water partition coefficient (Wildman–Crippen LogP) is 5.66. The van der Waals surface area contributed by atoms with Gasteiger partial charge < -0.3 is 19.5 Å². The van der Waals surface area contributed by atoms with Gasteiger partial charge in [-0.25, -0.2) is 9.18 Å². The summed E-state index contributed by atoms with van der Waals surface area (Å²) in [5.74, 6) is -0.115. The topological polar surface area (TPSA) is 59.0 Å². The highest BCUT2D eigenvalue weighted by Gasteiger charge is 2.20. The Bertz CT molecular complexity index is 1130. The summed E-state index contributed by atoms with van der Waals surface area (Å²) in [6.07, 6.45) is 0. The zero-order chi connectivity index (χ0) is 22.7. The minimum Gasteiger partial charge on any atom is -0.494 e. The summed E-state index contributed by atoms with van der Waals surface area (Å²) in [5, 5.41) is 8.96. The first-order valence-electron chi connectivity index (χ1n) is 9.86. The molecule has 0 fully saturated rings. The molecule has 0 aliphatic carbocycles. The molecule has 3 aromatic rings. The van der Waals surface area contributed by atoms with Crippen molar-refractivity contribution in [2.45, 2.75) is 20.8 Å².